The zero-order valence-electron chi connectivity index (χ0n) is 3.66. The third kappa shape index (κ3) is 6.91. The topological polar surface area (TPSA) is 26.3 Å². The Balaban J connectivity index is 3.24. The van der Waals surface area contributed by atoms with E-state index in [1.165, 1.54) is 6.47 Å². The summed E-state index contributed by atoms with van der Waals surface area (Å²) >= 11 is 9.33. The van der Waals surface area contributed by atoms with Crippen molar-refractivity contribution in [3.63, 3.8) is 0 Å². The number of rotatable bonds is 2. The quantitative estimate of drug-likeness (QED) is 0.728. The van der Waals surface area contributed by atoms with Crippen molar-refractivity contribution in [2.75, 3.05) is 6.61 Å². The summed E-state index contributed by atoms with van der Waals surface area (Å²) in [7, 11) is 0. The van der Waals surface area contributed by atoms with Gasteiger partial charge in [-0.05, 0) is 0 Å². The molecule has 0 unspecified atom stereocenters. The van der Waals surface area contributed by atoms with Crippen LogP contribution in [0.3, 0.4) is 0 Å². The minimum Gasteiger partial charge on any atom is -0.454 e. The Hall–Kier alpha value is 0.910. The van der Waals surface area contributed by atoms with E-state index < -0.39 is 2.14 Å². The van der Waals surface area contributed by atoms with E-state index in [9.17, 15) is 4.79 Å². The van der Waals surface area contributed by atoms with E-state index in [-0.39, 0.29) is 6.61 Å². The van der Waals surface area contributed by atoms with E-state index in [1.54, 1.807) is 0 Å². The molecule has 0 aromatic rings. The maximum atomic E-state index is 9.44. The van der Waals surface area contributed by atoms with Crippen LogP contribution in [0.1, 0.15) is 0 Å². The van der Waals surface area contributed by atoms with Crippen LogP contribution >= 0.6 is 47.8 Å². The van der Waals surface area contributed by atoms with Gasteiger partial charge in [-0.25, -0.2) is 4.79 Å². The summed E-state index contributed by atoms with van der Waals surface area (Å²) in [5.41, 5.74) is 0. The van der Waals surface area contributed by atoms with Gasteiger partial charge in [0.25, 0.3) is 0 Å². The van der Waals surface area contributed by atoms with Gasteiger partial charge in [-0.3, -0.25) is 0 Å². The molecule has 0 rings (SSSR count). The standard InChI is InChI=1S/C3H2Br3O2/c4-3(5,6)1-8-2-7/h1H2. The first-order valence-corrected chi connectivity index (χ1v) is 4.00. The van der Waals surface area contributed by atoms with Gasteiger partial charge in [-0.1, -0.05) is 47.8 Å². The van der Waals surface area contributed by atoms with Gasteiger partial charge in [-0.2, -0.15) is 0 Å². The van der Waals surface area contributed by atoms with Crippen LogP contribution in [0.5, 0.6) is 0 Å². The first-order chi connectivity index (χ1) is 3.56. The van der Waals surface area contributed by atoms with Crippen LogP contribution < -0.4 is 0 Å². The number of hydrogen-bond acceptors (Lipinski definition) is 2. The predicted molar refractivity (Wildman–Crippen MR) is 41.2 cm³/mol. The van der Waals surface area contributed by atoms with Crippen molar-refractivity contribution in [1.82, 2.24) is 0 Å². The normalized spacial score (nSPS) is 10.9. The molecule has 0 heterocycles. The van der Waals surface area contributed by atoms with Gasteiger partial charge >= 0.3 is 6.47 Å². The van der Waals surface area contributed by atoms with Crippen LogP contribution in [0.4, 0.5) is 0 Å². The summed E-state index contributed by atoms with van der Waals surface area (Å²) in [6.45, 7) is 1.48. The summed E-state index contributed by atoms with van der Waals surface area (Å²) in [5.74, 6) is 0. The third-order valence-corrected chi connectivity index (χ3v) is 0.982. The van der Waals surface area contributed by atoms with Gasteiger partial charge in [0.15, 0.2) is 2.14 Å². The highest BCUT2D eigenvalue weighted by atomic mass is 80.0. The lowest BCUT2D eigenvalue weighted by atomic mass is 10.9. The summed E-state index contributed by atoms with van der Waals surface area (Å²) in [4.78, 5) is 9.44. The summed E-state index contributed by atoms with van der Waals surface area (Å²) in [5, 5.41) is 0. The number of alkyl halides is 3. The average molecular weight is 310 g/mol. The molecule has 0 fully saturated rings. The van der Waals surface area contributed by atoms with E-state index in [4.69, 9.17) is 0 Å². The van der Waals surface area contributed by atoms with Crippen LogP contribution in [0.2, 0.25) is 0 Å². The van der Waals surface area contributed by atoms with Gasteiger partial charge in [0, 0.05) is 0 Å². The van der Waals surface area contributed by atoms with Gasteiger partial charge < -0.3 is 4.74 Å². The number of halogens is 3. The highest BCUT2D eigenvalue weighted by Crippen LogP contribution is 2.32. The van der Waals surface area contributed by atoms with E-state index in [1.807, 2.05) is 0 Å². The molecule has 8 heavy (non-hydrogen) atoms. The van der Waals surface area contributed by atoms with Crippen LogP contribution in [0.25, 0.3) is 0 Å². The van der Waals surface area contributed by atoms with E-state index in [0.717, 1.165) is 0 Å². The molecule has 0 aliphatic rings. The molecule has 0 saturated heterocycles. The van der Waals surface area contributed by atoms with Crippen molar-refractivity contribution >= 4 is 54.3 Å². The highest BCUT2D eigenvalue weighted by molar-refractivity contribution is 9.39. The molecule has 0 aromatic heterocycles. The molecule has 0 amide bonds. The monoisotopic (exact) mass is 307 g/mol. The zero-order chi connectivity index (χ0) is 6.62. The Morgan fingerprint density at radius 3 is 2.12 bits per heavy atom. The molecule has 0 spiro atoms. The molecule has 0 aliphatic carbocycles. The molecule has 0 saturated carbocycles. The highest BCUT2D eigenvalue weighted by Gasteiger charge is 2.17. The average Bonchev–Trinajstić information content (AvgIpc) is 1.59. The Morgan fingerprint density at radius 1 is 1.50 bits per heavy atom. The lowest BCUT2D eigenvalue weighted by molar-refractivity contribution is 0.292. The second kappa shape index (κ2) is 3.85. The third-order valence-electron chi connectivity index (χ3n) is 0.295. The molecule has 0 atom stereocenters. The molecule has 1 radical (unpaired) electrons. The van der Waals surface area contributed by atoms with Crippen molar-refractivity contribution in [2.24, 2.45) is 0 Å². The molecular weight excluding hydrogens is 308 g/mol. The molecular formula is C3H2Br3O2. The smallest absolute Gasteiger partial charge is 0.417 e. The van der Waals surface area contributed by atoms with Crippen LogP contribution in [0, 0.1) is 0 Å². The Kier molecular flexibility index (Phi) is 4.28. The fourth-order valence-electron chi connectivity index (χ4n) is 0.111. The Bertz CT molecular complexity index is 77.1. The number of hydrogen-bond donors (Lipinski definition) is 0. The largest absolute Gasteiger partial charge is 0.454 e. The SMILES string of the molecule is O=[C]OCC(Br)(Br)Br. The van der Waals surface area contributed by atoms with Crippen molar-refractivity contribution in [2.45, 2.75) is 2.14 Å². The van der Waals surface area contributed by atoms with Crippen molar-refractivity contribution < 1.29 is 9.53 Å². The Labute approximate surface area is 72.3 Å². The molecule has 0 aliphatic heterocycles. The molecule has 0 bridgehead atoms. The first-order valence-electron chi connectivity index (χ1n) is 1.62. The van der Waals surface area contributed by atoms with Gasteiger partial charge in [0.2, 0.25) is 0 Å². The number of carbonyl (C=O) groups excluding carboxylic acids is 1. The maximum absolute atomic E-state index is 9.44. The fraction of sp³-hybridized carbons (Fsp3) is 0.667. The molecule has 0 aromatic carbocycles. The van der Waals surface area contributed by atoms with E-state index in [0.29, 0.717) is 0 Å². The zero-order valence-corrected chi connectivity index (χ0v) is 8.42. The minimum absolute atomic E-state index is 0.191. The number of ether oxygens (including phenoxy) is 1. The summed E-state index contributed by atoms with van der Waals surface area (Å²) in [6, 6.07) is 0. The van der Waals surface area contributed by atoms with Crippen molar-refractivity contribution in [3.8, 4) is 0 Å². The molecule has 2 nitrogen and oxygen atoms in total. The lowest BCUT2D eigenvalue weighted by Crippen LogP contribution is -2.09. The Morgan fingerprint density at radius 2 is 2.00 bits per heavy atom. The first kappa shape index (κ1) is 8.91. The summed E-state index contributed by atoms with van der Waals surface area (Å²) in [6.07, 6.45) is 0. The summed E-state index contributed by atoms with van der Waals surface area (Å²) < 4.78 is 3.76. The van der Waals surface area contributed by atoms with Crippen molar-refractivity contribution in [1.29, 1.82) is 0 Å². The minimum atomic E-state index is -0.496. The molecule has 47 valence electrons. The van der Waals surface area contributed by atoms with Crippen LogP contribution in [-0.4, -0.2) is 15.2 Å². The van der Waals surface area contributed by atoms with Gasteiger partial charge in [0.1, 0.15) is 6.61 Å². The molecule has 5 heteroatoms. The van der Waals surface area contributed by atoms with Crippen molar-refractivity contribution in [3.05, 3.63) is 0 Å². The van der Waals surface area contributed by atoms with E-state index in [2.05, 4.69) is 52.5 Å². The fourth-order valence-corrected chi connectivity index (χ4v) is 0.455. The van der Waals surface area contributed by atoms with Gasteiger partial charge in [0.05, 0.1) is 0 Å². The van der Waals surface area contributed by atoms with Crippen LogP contribution in [-0.2, 0) is 9.53 Å². The second-order valence-corrected chi connectivity index (χ2v) is 8.24. The predicted octanol–water partition coefficient (Wildman–Crippen LogP) is 1.91. The van der Waals surface area contributed by atoms with Gasteiger partial charge in [-0.15, -0.1) is 0 Å². The molecule has 0 N–H and O–H groups in total. The van der Waals surface area contributed by atoms with E-state index >= 15 is 0 Å². The second-order valence-electron chi connectivity index (χ2n) is 0.987. The lowest BCUT2D eigenvalue weighted by Gasteiger charge is -2.07. The maximum Gasteiger partial charge on any atom is 0.417 e. The van der Waals surface area contributed by atoms with Crippen LogP contribution in [0.15, 0.2) is 0 Å².